The van der Waals surface area contributed by atoms with Crippen molar-refractivity contribution in [2.24, 2.45) is 0 Å². The van der Waals surface area contributed by atoms with Crippen molar-refractivity contribution in [3.63, 3.8) is 0 Å². The molecule has 0 aliphatic carbocycles. The Balaban J connectivity index is 1.60. The molecule has 3 rings (SSSR count). The Morgan fingerprint density at radius 1 is 1.37 bits per heavy atom. The summed E-state index contributed by atoms with van der Waals surface area (Å²) in [6.07, 6.45) is 2.29. The fourth-order valence-corrected chi connectivity index (χ4v) is 6.49. The molecule has 2 atom stereocenters. The van der Waals surface area contributed by atoms with Gasteiger partial charge in [-0.15, -0.1) is 11.8 Å². The van der Waals surface area contributed by atoms with E-state index in [-0.39, 0.29) is 22.9 Å². The Morgan fingerprint density at radius 3 is 2.59 bits per heavy atom. The molecule has 2 saturated heterocycles. The third kappa shape index (κ3) is 4.70. The van der Waals surface area contributed by atoms with Gasteiger partial charge in [-0.1, -0.05) is 22.9 Å². The van der Waals surface area contributed by atoms with Crippen LogP contribution in [-0.4, -0.2) is 54.4 Å². The van der Waals surface area contributed by atoms with E-state index in [1.54, 1.807) is 40.3 Å². The summed E-state index contributed by atoms with van der Waals surface area (Å²) in [6, 6.07) is 6.70. The van der Waals surface area contributed by atoms with Crippen LogP contribution in [0.1, 0.15) is 33.1 Å². The molecule has 0 saturated carbocycles. The van der Waals surface area contributed by atoms with Gasteiger partial charge in [0, 0.05) is 29.4 Å². The quantitative estimate of drug-likeness (QED) is 0.683. The highest BCUT2D eigenvalue weighted by Gasteiger charge is 2.45. The van der Waals surface area contributed by atoms with Crippen LogP contribution >= 0.6 is 27.7 Å². The Kier molecular flexibility index (Phi) is 6.57. The van der Waals surface area contributed by atoms with E-state index in [1.807, 2.05) is 13.8 Å². The molecule has 27 heavy (non-hydrogen) atoms. The summed E-state index contributed by atoms with van der Waals surface area (Å²) in [4.78, 5) is 12.5. The molecule has 1 aromatic carbocycles. The molecule has 150 valence electrons. The fraction of sp³-hybridized carbons (Fsp3) is 0.611. The number of amides is 1. The highest BCUT2D eigenvalue weighted by atomic mass is 79.9. The van der Waals surface area contributed by atoms with Crippen molar-refractivity contribution in [1.82, 2.24) is 14.9 Å². The van der Waals surface area contributed by atoms with Crippen LogP contribution in [0.3, 0.4) is 0 Å². The molecular formula is C18H26BrN3O3S2. The summed E-state index contributed by atoms with van der Waals surface area (Å²) >= 11 is 5.08. The van der Waals surface area contributed by atoms with Crippen LogP contribution in [0.25, 0.3) is 0 Å². The predicted molar refractivity (Wildman–Crippen MR) is 112 cm³/mol. The van der Waals surface area contributed by atoms with Crippen LogP contribution in [0.15, 0.2) is 33.6 Å². The highest BCUT2D eigenvalue weighted by molar-refractivity contribution is 9.10. The summed E-state index contributed by atoms with van der Waals surface area (Å²) in [7, 11) is -3.48. The van der Waals surface area contributed by atoms with Crippen molar-refractivity contribution in [2.45, 2.75) is 55.0 Å². The normalized spacial score (nSPS) is 24.0. The number of rotatable bonds is 5. The number of hydrogen-bond acceptors (Lipinski definition) is 5. The van der Waals surface area contributed by atoms with E-state index in [2.05, 4.69) is 26.6 Å². The molecule has 1 amide bonds. The SMILES string of the molecule is CCC(C)NC(=O)C1CSC2(CCN(S(=O)(=O)c3ccc(Br)cc3)CC2)N1. The molecule has 0 aromatic heterocycles. The lowest BCUT2D eigenvalue weighted by atomic mass is 10.0. The van der Waals surface area contributed by atoms with Gasteiger partial charge in [0.1, 0.15) is 0 Å². The van der Waals surface area contributed by atoms with Crippen molar-refractivity contribution in [3.05, 3.63) is 28.7 Å². The summed E-state index contributed by atoms with van der Waals surface area (Å²) in [5, 5.41) is 6.51. The van der Waals surface area contributed by atoms with E-state index >= 15 is 0 Å². The van der Waals surface area contributed by atoms with Gasteiger partial charge < -0.3 is 5.32 Å². The summed E-state index contributed by atoms with van der Waals surface area (Å²) in [5.41, 5.74) is 0. The molecule has 0 radical (unpaired) electrons. The lowest BCUT2D eigenvalue weighted by Gasteiger charge is -2.38. The van der Waals surface area contributed by atoms with E-state index in [0.717, 1.165) is 16.6 Å². The van der Waals surface area contributed by atoms with Crippen molar-refractivity contribution in [2.75, 3.05) is 18.8 Å². The molecule has 2 heterocycles. The minimum atomic E-state index is -3.48. The first kappa shape index (κ1) is 21.1. The van der Waals surface area contributed by atoms with Gasteiger partial charge in [0.2, 0.25) is 15.9 Å². The Bertz CT molecular complexity index is 778. The van der Waals surface area contributed by atoms with Crippen LogP contribution in [0, 0.1) is 0 Å². The second-order valence-electron chi connectivity index (χ2n) is 7.18. The number of sulfonamides is 1. The number of carbonyl (C=O) groups is 1. The number of nitrogens with one attached hydrogen (secondary N) is 2. The van der Waals surface area contributed by atoms with E-state index < -0.39 is 10.0 Å². The third-order valence-corrected chi connectivity index (χ3v) is 9.28. The Morgan fingerprint density at radius 2 is 2.00 bits per heavy atom. The zero-order valence-corrected chi connectivity index (χ0v) is 18.8. The molecule has 1 aromatic rings. The van der Waals surface area contributed by atoms with Crippen molar-refractivity contribution in [1.29, 1.82) is 0 Å². The van der Waals surface area contributed by atoms with Crippen LogP contribution < -0.4 is 10.6 Å². The topological polar surface area (TPSA) is 78.5 Å². The second-order valence-corrected chi connectivity index (χ2v) is 11.4. The van der Waals surface area contributed by atoms with Gasteiger partial charge >= 0.3 is 0 Å². The smallest absolute Gasteiger partial charge is 0.243 e. The highest BCUT2D eigenvalue weighted by Crippen LogP contribution is 2.40. The first-order valence-corrected chi connectivity index (χ1v) is 12.5. The number of benzene rings is 1. The maximum atomic E-state index is 12.8. The number of carbonyl (C=O) groups excluding carboxylic acids is 1. The van der Waals surface area contributed by atoms with Gasteiger partial charge in [-0.05, 0) is 50.5 Å². The maximum absolute atomic E-state index is 12.8. The molecule has 2 aliphatic rings. The predicted octanol–water partition coefficient (Wildman–Crippen LogP) is 2.55. The standard InChI is InChI=1S/C18H26BrN3O3S2/c1-3-13(2)20-17(23)16-12-26-18(21-16)8-10-22(11-9-18)27(24,25)15-6-4-14(19)5-7-15/h4-7,13,16,21H,3,8-12H2,1-2H3,(H,20,23). The van der Waals surface area contributed by atoms with Crippen LogP contribution in [0.4, 0.5) is 0 Å². The molecule has 2 aliphatic heterocycles. The lowest BCUT2D eigenvalue weighted by Crippen LogP contribution is -2.55. The minimum Gasteiger partial charge on any atom is -0.352 e. The van der Waals surface area contributed by atoms with Crippen LogP contribution in [0.2, 0.25) is 0 Å². The van der Waals surface area contributed by atoms with E-state index in [4.69, 9.17) is 0 Å². The first-order chi connectivity index (χ1) is 12.8. The lowest BCUT2D eigenvalue weighted by molar-refractivity contribution is -0.123. The number of piperidine rings is 1. The van der Waals surface area contributed by atoms with Gasteiger partial charge in [0.15, 0.2) is 0 Å². The third-order valence-electron chi connectivity index (χ3n) is 5.26. The molecule has 9 heteroatoms. The number of halogens is 1. The fourth-order valence-electron chi connectivity index (χ4n) is 3.36. The summed E-state index contributed by atoms with van der Waals surface area (Å²) < 4.78 is 28.1. The molecule has 2 N–H and O–H groups in total. The molecule has 6 nitrogen and oxygen atoms in total. The monoisotopic (exact) mass is 475 g/mol. The van der Waals surface area contributed by atoms with Gasteiger partial charge in [-0.25, -0.2) is 8.42 Å². The minimum absolute atomic E-state index is 0.0404. The number of hydrogen-bond donors (Lipinski definition) is 2. The Labute approximate surface area is 174 Å². The summed E-state index contributed by atoms with van der Waals surface area (Å²) in [5.74, 6) is 0.764. The zero-order chi connectivity index (χ0) is 19.7. The van der Waals surface area contributed by atoms with Crippen molar-refractivity contribution in [3.8, 4) is 0 Å². The van der Waals surface area contributed by atoms with E-state index in [9.17, 15) is 13.2 Å². The van der Waals surface area contributed by atoms with Gasteiger partial charge in [0.05, 0.1) is 15.8 Å². The van der Waals surface area contributed by atoms with Crippen molar-refractivity contribution >= 4 is 43.6 Å². The van der Waals surface area contributed by atoms with Crippen molar-refractivity contribution < 1.29 is 13.2 Å². The maximum Gasteiger partial charge on any atom is 0.243 e. The van der Waals surface area contributed by atoms with Crippen LogP contribution in [-0.2, 0) is 14.8 Å². The Hall–Kier alpha value is -0.610. The molecule has 0 bridgehead atoms. The average Bonchev–Trinajstić information content (AvgIpc) is 3.06. The molecular weight excluding hydrogens is 450 g/mol. The van der Waals surface area contributed by atoms with Crippen LogP contribution in [0.5, 0.6) is 0 Å². The van der Waals surface area contributed by atoms with Gasteiger partial charge in [-0.3, -0.25) is 10.1 Å². The molecule has 1 spiro atoms. The number of nitrogens with zero attached hydrogens (tertiary/aromatic N) is 1. The summed E-state index contributed by atoms with van der Waals surface area (Å²) in [6.45, 7) is 4.96. The molecule has 2 fully saturated rings. The largest absolute Gasteiger partial charge is 0.352 e. The van der Waals surface area contributed by atoms with E-state index in [0.29, 0.717) is 30.8 Å². The zero-order valence-electron chi connectivity index (χ0n) is 15.6. The first-order valence-electron chi connectivity index (χ1n) is 9.23. The average molecular weight is 476 g/mol. The van der Waals surface area contributed by atoms with Gasteiger partial charge in [-0.2, -0.15) is 4.31 Å². The van der Waals surface area contributed by atoms with E-state index in [1.165, 1.54) is 0 Å². The second kappa shape index (κ2) is 8.41. The number of thioether (sulfide) groups is 1. The van der Waals surface area contributed by atoms with Gasteiger partial charge in [0.25, 0.3) is 0 Å². The molecule has 2 unspecified atom stereocenters.